The van der Waals surface area contributed by atoms with Gasteiger partial charge in [0.15, 0.2) is 0 Å². The van der Waals surface area contributed by atoms with E-state index in [1.807, 2.05) is 61.7 Å². The Balaban J connectivity index is 1.88. The molecule has 0 aliphatic rings. The van der Waals surface area contributed by atoms with E-state index < -0.39 is 12.2 Å². The SMILES string of the molecule is CSc1ccc(NC(=O)O[C@H](c2ccc(O)c3ccccc23)[C@@H](C)CCO)cc1. The topological polar surface area (TPSA) is 78.8 Å². The Morgan fingerprint density at radius 1 is 1.07 bits per heavy atom. The lowest BCUT2D eigenvalue weighted by atomic mass is 9.91. The molecule has 6 heteroatoms. The summed E-state index contributed by atoms with van der Waals surface area (Å²) >= 11 is 1.63. The van der Waals surface area contributed by atoms with Crippen molar-refractivity contribution in [2.45, 2.75) is 24.3 Å². The van der Waals surface area contributed by atoms with Gasteiger partial charge in [-0.15, -0.1) is 11.8 Å². The second-order valence-electron chi connectivity index (χ2n) is 6.89. The van der Waals surface area contributed by atoms with Gasteiger partial charge >= 0.3 is 6.09 Å². The van der Waals surface area contributed by atoms with Crippen LogP contribution >= 0.6 is 11.8 Å². The minimum Gasteiger partial charge on any atom is -0.507 e. The van der Waals surface area contributed by atoms with Crippen LogP contribution in [0.4, 0.5) is 10.5 Å². The summed E-state index contributed by atoms with van der Waals surface area (Å²) < 4.78 is 5.81. The average Bonchev–Trinajstić information content (AvgIpc) is 2.73. The molecule has 3 rings (SSSR count). The van der Waals surface area contributed by atoms with Crippen LogP contribution in [0.3, 0.4) is 0 Å². The van der Waals surface area contributed by atoms with Gasteiger partial charge in [0.25, 0.3) is 0 Å². The Kier molecular flexibility index (Phi) is 7.01. The molecule has 29 heavy (non-hydrogen) atoms. The number of aliphatic hydroxyl groups is 1. The molecule has 0 radical (unpaired) electrons. The van der Waals surface area contributed by atoms with Gasteiger partial charge in [-0.25, -0.2) is 4.79 Å². The Morgan fingerprint density at radius 2 is 1.76 bits per heavy atom. The summed E-state index contributed by atoms with van der Waals surface area (Å²) in [4.78, 5) is 13.7. The van der Waals surface area contributed by atoms with Gasteiger partial charge in [-0.2, -0.15) is 0 Å². The number of carbonyl (C=O) groups excluding carboxylic acids is 1. The number of carbonyl (C=O) groups is 1. The quantitative estimate of drug-likeness (QED) is 0.443. The number of nitrogens with one attached hydrogen (secondary N) is 1. The molecule has 0 saturated carbocycles. The van der Waals surface area contributed by atoms with Gasteiger partial charge in [-0.3, -0.25) is 5.32 Å². The molecule has 0 spiro atoms. The Hall–Kier alpha value is -2.70. The second-order valence-corrected chi connectivity index (χ2v) is 7.77. The molecule has 0 aliphatic heterocycles. The number of phenolic OH excluding ortho intramolecular Hbond substituents is 1. The third kappa shape index (κ3) is 5.02. The number of hydrogen-bond donors (Lipinski definition) is 3. The molecule has 0 fully saturated rings. The lowest BCUT2D eigenvalue weighted by molar-refractivity contribution is 0.0676. The first-order valence-corrected chi connectivity index (χ1v) is 10.7. The summed E-state index contributed by atoms with van der Waals surface area (Å²) in [5.74, 6) is 0.0637. The summed E-state index contributed by atoms with van der Waals surface area (Å²) in [6.45, 7) is 1.93. The largest absolute Gasteiger partial charge is 0.507 e. The van der Waals surface area contributed by atoms with Crippen LogP contribution in [0, 0.1) is 5.92 Å². The highest BCUT2D eigenvalue weighted by molar-refractivity contribution is 7.98. The molecule has 3 aromatic rings. The van der Waals surface area contributed by atoms with Gasteiger partial charge < -0.3 is 14.9 Å². The van der Waals surface area contributed by atoms with Crippen LogP contribution in [0.25, 0.3) is 10.8 Å². The van der Waals surface area contributed by atoms with E-state index >= 15 is 0 Å². The first-order valence-electron chi connectivity index (χ1n) is 9.46. The maximum Gasteiger partial charge on any atom is 0.412 e. The van der Waals surface area contributed by atoms with Crippen LogP contribution in [0.15, 0.2) is 65.6 Å². The molecule has 0 aromatic heterocycles. The van der Waals surface area contributed by atoms with Gasteiger partial charge in [0, 0.05) is 28.1 Å². The number of aliphatic hydroxyl groups excluding tert-OH is 1. The van der Waals surface area contributed by atoms with E-state index in [-0.39, 0.29) is 18.3 Å². The maximum atomic E-state index is 12.6. The van der Waals surface area contributed by atoms with Crippen molar-refractivity contribution in [3.05, 3.63) is 66.2 Å². The summed E-state index contributed by atoms with van der Waals surface area (Å²) in [5, 5.41) is 23.9. The van der Waals surface area contributed by atoms with Gasteiger partial charge in [0.2, 0.25) is 0 Å². The number of ether oxygens (including phenoxy) is 1. The van der Waals surface area contributed by atoms with E-state index in [0.29, 0.717) is 17.5 Å². The van der Waals surface area contributed by atoms with Crippen molar-refractivity contribution in [2.24, 2.45) is 5.92 Å². The van der Waals surface area contributed by atoms with Crippen molar-refractivity contribution < 1.29 is 19.7 Å². The second kappa shape index (κ2) is 9.67. The van der Waals surface area contributed by atoms with Crippen LogP contribution in [0.2, 0.25) is 0 Å². The summed E-state index contributed by atoms with van der Waals surface area (Å²) in [5.41, 5.74) is 1.45. The van der Waals surface area contributed by atoms with Crippen LogP contribution in [0.1, 0.15) is 25.0 Å². The van der Waals surface area contributed by atoms with E-state index in [1.165, 1.54) is 0 Å². The van der Waals surface area contributed by atoms with Crippen LogP contribution in [0.5, 0.6) is 5.75 Å². The molecule has 1 amide bonds. The first kappa shape index (κ1) is 21.0. The number of benzene rings is 3. The highest BCUT2D eigenvalue weighted by Gasteiger charge is 2.26. The Bertz CT molecular complexity index is 974. The number of amides is 1. The third-order valence-electron chi connectivity index (χ3n) is 4.91. The zero-order valence-electron chi connectivity index (χ0n) is 16.5. The van der Waals surface area contributed by atoms with Crippen molar-refractivity contribution in [2.75, 3.05) is 18.2 Å². The Morgan fingerprint density at radius 3 is 2.41 bits per heavy atom. The number of phenols is 1. The zero-order chi connectivity index (χ0) is 20.8. The van der Waals surface area contributed by atoms with Crippen molar-refractivity contribution in [1.82, 2.24) is 0 Å². The van der Waals surface area contributed by atoms with E-state index in [1.54, 1.807) is 23.9 Å². The standard InChI is InChI=1S/C23H25NO4S/c1-15(13-14-25)22(20-11-12-21(26)19-6-4-3-5-18(19)20)28-23(27)24-16-7-9-17(29-2)10-8-16/h3-12,15,22,25-26H,13-14H2,1-2H3,(H,24,27)/t15-,22-/m0/s1. The highest BCUT2D eigenvalue weighted by atomic mass is 32.2. The summed E-state index contributed by atoms with van der Waals surface area (Å²) in [6, 6.07) is 18.4. The summed E-state index contributed by atoms with van der Waals surface area (Å²) in [6.07, 6.45) is 1.34. The molecular formula is C23H25NO4S. The fourth-order valence-corrected chi connectivity index (χ4v) is 3.74. The highest BCUT2D eigenvalue weighted by Crippen LogP contribution is 2.37. The monoisotopic (exact) mass is 411 g/mol. The van der Waals surface area contributed by atoms with Crippen molar-refractivity contribution in [3.8, 4) is 5.75 Å². The molecule has 152 valence electrons. The molecule has 0 unspecified atom stereocenters. The number of anilines is 1. The fraction of sp³-hybridized carbons (Fsp3) is 0.261. The molecule has 0 heterocycles. The van der Waals surface area contributed by atoms with Crippen molar-refractivity contribution >= 4 is 34.3 Å². The summed E-state index contributed by atoms with van der Waals surface area (Å²) in [7, 11) is 0. The minimum absolute atomic E-state index is 0.00515. The van der Waals surface area contributed by atoms with Gasteiger partial charge in [0.1, 0.15) is 11.9 Å². The molecular weight excluding hydrogens is 386 g/mol. The predicted octanol–water partition coefficient (Wildman–Crippen LogP) is 5.58. The van der Waals surface area contributed by atoms with Gasteiger partial charge in [0.05, 0.1) is 0 Å². The third-order valence-corrected chi connectivity index (χ3v) is 5.66. The smallest absolute Gasteiger partial charge is 0.412 e. The lowest BCUT2D eigenvalue weighted by Crippen LogP contribution is -2.22. The van der Waals surface area contributed by atoms with Gasteiger partial charge in [-0.05, 0) is 54.3 Å². The van der Waals surface area contributed by atoms with Crippen molar-refractivity contribution in [3.63, 3.8) is 0 Å². The fourth-order valence-electron chi connectivity index (χ4n) is 3.33. The molecule has 0 saturated heterocycles. The number of rotatable bonds is 7. The van der Waals surface area contributed by atoms with E-state index in [0.717, 1.165) is 15.8 Å². The number of thioether (sulfide) groups is 1. The number of hydrogen-bond acceptors (Lipinski definition) is 5. The minimum atomic E-state index is -0.571. The van der Waals surface area contributed by atoms with Crippen LogP contribution in [-0.2, 0) is 4.74 Å². The Labute approximate surface area is 174 Å². The zero-order valence-corrected chi connectivity index (χ0v) is 17.3. The van der Waals surface area contributed by atoms with E-state index in [2.05, 4.69) is 5.32 Å². The number of aromatic hydroxyl groups is 1. The molecule has 0 bridgehead atoms. The van der Waals surface area contributed by atoms with Crippen LogP contribution < -0.4 is 5.32 Å². The molecule has 3 N–H and O–H groups in total. The normalized spacial score (nSPS) is 13.1. The van der Waals surface area contributed by atoms with Crippen LogP contribution in [-0.4, -0.2) is 29.2 Å². The molecule has 2 atom stereocenters. The number of fused-ring (bicyclic) bond motifs is 1. The predicted molar refractivity (Wildman–Crippen MR) is 118 cm³/mol. The maximum absolute atomic E-state index is 12.6. The van der Waals surface area contributed by atoms with E-state index in [9.17, 15) is 15.0 Å². The first-order chi connectivity index (χ1) is 14.0. The molecule has 0 aliphatic carbocycles. The van der Waals surface area contributed by atoms with E-state index in [4.69, 9.17) is 4.74 Å². The molecule has 3 aromatic carbocycles. The average molecular weight is 412 g/mol. The van der Waals surface area contributed by atoms with Gasteiger partial charge in [-0.1, -0.05) is 37.3 Å². The molecule has 5 nitrogen and oxygen atoms in total. The van der Waals surface area contributed by atoms with Crippen molar-refractivity contribution in [1.29, 1.82) is 0 Å². The lowest BCUT2D eigenvalue weighted by Gasteiger charge is -2.25.